The van der Waals surface area contributed by atoms with Gasteiger partial charge in [0.15, 0.2) is 0 Å². The standard InChI is InChI=1S/C8H13NOS/c1-6-3-8(11-5-6)7(2)4-10-9/h3,5,7H,4,9H2,1-2H3. The Kier molecular flexibility index (Phi) is 3.05. The maximum Gasteiger partial charge on any atom is 0.0753 e. The molecule has 2 nitrogen and oxygen atoms in total. The molecule has 1 heterocycles. The molecule has 0 aliphatic rings. The smallest absolute Gasteiger partial charge is 0.0753 e. The van der Waals surface area contributed by atoms with E-state index in [9.17, 15) is 0 Å². The van der Waals surface area contributed by atoms with E-state index in [1.54, 1.807) is 11.3 Å². The lowest BCUT2D eigenvalue weighted by atomic mass is 10.1. The molecule has 1 aromatic rings. The van der Waals surface area contributed by atoms with Crippen molar-refractivity contribution in [1.29, 1.82) is 0 Å². The number of aryl methyl sites for hydroxylation is 1. The minimum Gasteiger partial charge on any atom is -0.304 e. The molecule has 2 N–H and O–H groups in total. The van der Waals surface area contributed by atoms with E-state index < -0.39 is 0 Å². The molecule has 0 amide bonds. The van der Waals surface area contributed by atoms with E-state index in [-0.39, 0.29) is 0 Å². The molecule has 0 saturated heterocycles. The van der Waals surface area contributed by atoms with E-state index in [1.807, 2.05) is 0 Å². The van der Waals surface area contributed by atoms with Crippen LogP contribution in [0, 0.1) is 6.92 Å². The van der Waals surface area contributed by atoms with Gasteiger partial charge in [-0.05, 0) is 23.9 Å². The summed E-state index contributed by atoms with van der Waals surface area (Å²) in [6, 6.07) is 2.17. The summed E-state index contributed by atoms with van der Waals surface area (Å²) >= 11 is 1.76. The topological polar surface area (TPSA) is 35.2 Å². The number of nitrogens with two attached hydrogens (primary N) is 1. The van der Waals surface area contributed by atoms with E-state index in [4.69, 9.17) is 5.90 Å². The van der Waals surface area contributed by atoms with Crippen molar-refractivity contribution in [1.82, 2.24) is 0 Å². The van der Waals surface area contributed by atoms with Crippen LogP contribution >= 0.6 is 11.3 Å². The summed E-state index contributed by atoms with van der Waals surface area (Å²) in [6.45, 7) is 4.80. The second kappa shape index (κ2) is 3.85. The summed E-state index contributed by atoms with van der Waals surface area (Å²) in [7, 11) is 0. The van der Waals surface area contributed by atoms with Crippen LogP contribution in [0.15, 0.2) is 11.4 Å². The third-order valence-electron chi connectivity index (χ3n) is 1.58. The van der Waals surface area contributed by atoms with Crippen LogP contribution in [-0.2, 0) is 4.84 Å². The van der Waals surface area contributed by atoms with Crippen molar-refractivity contribution in [2.45, 2.75) is 19.8 Å². The van der Waals surface area contributed by atoms with Gasteiger partial charge in [-0.25, -0.2) is 5.90 Å². The summed E-state index contributed by atoms with van der Waals surface area (Å²) in [5, 5.41) is 2.14. The normalized spacial score (nSPS) is 13.4. The molecule has 0 aliphatic carbocycles. The average Bonchev–Trinajstić information content (AvgIpc) is 2.36. The Morgan fingerprint density at radius 2 is 2.45 bits per heavy atom. The van der Waals surface area contributed by atoms with Gasteiger partial charge in [-0.3, -0.25) is 0 Å². The highest BCUT2D eigenvalue weighted by Crippen LogP contribution is 2.22. The summed E-state index contributed by atoms with van der Waals surface area (Å²) in [5.74, 6) is 5.39. The number of hydrogen-bond acceptors (Lipinski definition) is 3. The number of hydrogen-bond donors (Lipinski definition) is 1. The molecule has 3 heteroatoms. The molecule has 62 valence electrons. The average molecular weight is 171 g/mol. The van der Waals surface area contributed by atoms with Crippen molar-refractivity contribution in [2.24, 2.45) is 5.90 Å². The van der Waals surface area contributed by atoms with Gasteiger partial charge in [0.1, 0.15) is 0 Å². The van der Waals surface area contributed by atoms with Gasteiger partial charge in [0, 0.05) is 10.8 Å². The van der Waals surface area contributed by atoms with Crippen molar-refractivity contribution in [3.8, 4) is 0 Å². The third kappa shape index (κ3) is 2.29. The fraction of sp³-hybridized carbons (Fsp3) is 0.500. The molecule has 1 unspecified atom stereocenters. The van der Waals surface area contributed by atoms with Crippen LogP contribution in [-0.4, -0.2) is 6.61 Å². The zero-order valence-electron chi connectivity index (χ0n) is 6.83. The van der Waals surface area contributed by atoms with Gasteiger partial charge < -0.3 is 4.84 Å². The number of thiophene rings is 1. The van der Waals surface area contributed by atoms with Gasteiger partial charge in [-0.1, -0.05) is 6.92 Å². The minimum absolute atomic E-state index is 0.415. The maximum absolute atomic E-state index is 4.98. The molecule has 0 fully saturated rings. The molecule has 0 spiro atoms. The van der Waals surface area contributed by atoms with Crippen LogP contribution in [0.4, 0.5) is 0 Å². The maximum atomic E-state index is 4.98. The Bertz CT molecular complexity index is 222. The van der Waals surface area contributed by atoms with Gasteiger partial charge in [0.25, 0.3) is 0 Å². The second-order valence-corrected chi connectivity index (χ2v) is 3.70. The number of rotatable bonds is 3. The van der Waals surface area contributed by atoms with Crippen LogP contribution < -0.4 is 5.90 Å². The van der Waals surface area contributed by atoms with Gasteiger partial charge in [-0.2, -0.15) is 0 Å². The van der Waals surface area contributed by atoms with Crippen LogP contribution in [0.5, 0.6) is 0 Å². The van der Waals surface area contributed by atoms with Crippen molar-refractivity contribution in [2.75, 3.05) is 6.61 Å². The monoisotopic (exact) mass is 171 g/mol. The molecule has 0 bridgehead atoms. The van der Waals surface area contributed by atoms with Gasteiger partial charge in [0.05, 0.1) is 6.61 Å². The first kappa shape index (κ1) is 8.71. The van der Waals surface area contributed by atoms with Gasteiger partial charge in [0.2, 0.25) is 0 Å². The van der Waals surface area contributed by atoms with Gasteiger partial charge >= 0.3 is 0 Å². The Balaban J connectivity index is 2.60. The lowest BCUT2D eigenvalue weighted by Crippen LogP contribution is -2.07. The van der Waals surface area contributed by atoms with Gasteiger partial charge in [-0.15, -0.1) is 11.3 Å². The quantitative estimate of drug-likeness (QED) is 0.706. The summed E-state index contributed by atoms with van der Waals surface area (Å²) < 4.78 is 0. The first-order chi connectivity index (χ1) is 5.24. The predicted molar refractivity (Wildman–Crippen MR) is 47.6 cm³/mol. The molecule has 0 aromatic carbocycles. The van der Waals surface area contributed by atoms with Crippen LogP contribution in [0.25, 0.3) is 0 Å². The van der Waals surface area contributed by atoms with Crippen molar-refractivity contribution in [3.63, 3.8) is 0 Å². The van der Waals surface area contributed by atoms with Crippen molar-refractivity contribution in [3.05, 3.63) is 21.9 Å². The predicted octanol–water partition coefficient (Wildman–Crippen LogP) is 2.05. The largest absolute Gasteiger partial charge is 0.304 e. The highest BCUT2D eigenvalue weighted by atomic mass is 32.1. The summed E-state index contributed by atoms with van der Waals surface area (Å²) in [4.78, 5) is 5.91. The zero-order chi connectivity index (χ0) is 8.27. The molecular weight excluding hydrogens is 158 g/mol. The Morgan fingerprint density at radius 1 is 1.73 bits per heavy atom. The molecule has 0 aliphatic heterocycles. The van der Waals surface area contributed by atoms with E-state index in [0.29, 0.717) is 12.5 Å². The van der Waals surface area contributed by atoms with Crippen molar-refractivity contribution >= 4 is 11.3 Å². The van der Waals surface area contributed by atoms with E-state index in [2.05, 4.69) is 30.1 Å². The molecule has 0 saturated carbocycles. The highest BCUT2D eigenvalue weighted by Gasteiger charge is 2.06. The fourth-order valence-electron chi connectivity index (χ4n) is 0.938. The second-order valence-electron chi connectivity index (χ2n) is 2.76. The minimum atomic E-state index is 0.415. The molecule has 1 rings (SSSR count). The summed E-state index contributed by atoms with van der Waals surface area (Å²) in [5.41, 5.74) is 1.31. The fourth-order valence-corrected chi connectivity index (χ4v) is 1.88. The molecule has 1 aromatic heterocycles. The lowest BCUT2D eigenvalue weighted by molar-refractivity contribution is 0.127. The Hall–Kier alpha value is -0.380. The molecule has 1 atom stereocenters. The SMILES string of the molecule is Cc1csc(C(C)CON)c1. The summed E-state index contributed by atoms with van der Waals surface area (Å²) in [6.07, 6.45) is 0. The molecular formula is C8H13NOS. The third-order valence-corrected chi connectivity index (χ3v) is 2.86. The van der Waals surface area contributed by atoms with E-state index >= 15 is 0 Å². The van der Waals surface area contributed by atoms with Crippen LogP contribution in [0.3, 0.4) is 0 Å². The molecule has 11 heavy (non-hydrogen) atoms. The van der Waals surface area contributed by atoms with E-state index in [0.717, 1.165) is 0 Å². The zero-order valence-corrected chi connectivity index (χ0v) is 7.65. The first-order valence-corrected chi connectivity index (χ1v) is 4.48. The first-order valence-electron chi connectivity index (χ1n) is 3.60. The Morgan fingerprint density at radius 3 is 2.91 bits per heavy atom. The highest BCUT2D eigenvalue weighted by molar-refractivity contribution is 7.10. The lowest BCUT2D eigenvalue weighted by Gasteiger charge is -2.05. The molecule has 0 radical (unpaired) electrons. The van der Waals surface area contributed by atoms with Crippen LogP contribution in [0.1, 0.15) is 23.3 Å². The van der Waals surface area contributed by atoms with E-state index in [1.165, 1.54) is 10.4 Å². The van der Waals surface area contributed by atoms with Crippen molar-refractivity contribution < 1.29 is 4.84 Å². The van der Waals surface area contributed by atoms with Crippen LogP contribution in [0.2, 0.25) is 0 Å². The Labute approximate surface area is 70.9 Å².